The quantitative estimate of drug-likeness (QED) is 0.872. The summed E-state index contributed by atoms with van der Waals surface area (Å²) >= 11 is 0. The van der Waals surface area contributed by atoms with Crippen LogP contribution in [0.2, 0.25) is 0 Å². The molecule has 0 heterocycles. The zero-order valence-corrected chi connectivity index (χ0v) is 14.0. The zero-order valence-electron chi connectivity index (χ0n) is 14.0. The molecule has 4 N–H and O–H groups in total. The molecule has 2 heteroatoms. The van der Waals surface area contributed by atoms with Gasteiger partial charge in [-0.2, -0.15) is 0 Å². The zero-order chi connectivity index (χ0) is 17.0. The van der Waals surface area contributed by atoms with E-state index in [1.54, 1.807) is 0 Å². The molecule has 0 saturated carbocycles. The smallest absolute Gasteiger partial charge is 0.0363 e. The molecule has 0 amide bonds. The second-order valence-corrected chi connectivity index (χ2v) is 6.59. The average Bonchev–Trinajstić information content (AvgIpc) is 2.63. The third kappa shape index (κ3) is 3.50. The highest BCUT2D eigenvalue weighted by Crippen LogP contribution is 2.32. The summed E-state index contributed by atoms with van der Waals surface area (Å²) in [6, 6.07) is 18.5. The molecule has 2 unspecified atom stereocenters. The van der Waals surface area contributed by atoms with Gasteiger partial charge >= 0.3 is 0 Å². The minimum absolute atomic E-state index is 0.0869. The predicted octanol–water partition coefficient (Wildman–Crippen LogP) is 4.50. The predicted molar refractivity (Wildman–Crippen MR) is 103 cm³/mol. The summed E-state index contributed by atoms with van der Waals surface area (Å²) < 4.78 is 0. The number of hydrogen-bond acceptors (Lipinski definition) is 2. The molecule has 122 valence electrons. The standard InChI is InChI=1S/C22H24N2/c1-22(13-6-3-7-14-22)21(24)16-20(23)19-12-8-11-18(15-19)17-9-4-2-5-10-17/h2-13,15-16,21H,14,23-24H2,1H3/b20-16-. The van der Waals surface area contributed by atoms with Crippen molar-refractivity contribution >= 4 is 5.70 Å². The number of rotatable bonds is 4. The SMILES string of the molecule is CC1(C(N)/C=C(\N)c2cccc(-c3ccccc3)c2)C=CC=CC1. The Hall–Kier alpha value is -2.58. The molecule has 0 bridgehead atoms. The van der Waals surface area contributed by atoms with Crippen molar-refractivity contribution in [1.29, 1.82) is 0 Å². The van der Waals surface area contributed by atoms with Crippen LogP contribution in [0.15, 0.2) is 85.0 Å². The van der Waals surface area contributed by atoms with Crippen LogP contribution in [0.1, 0.15) is 18.9 Å². The lowest BCUT2D eigenvalue weighted by molar-refractivity contribution is 0.382. The molecule has 0 radical (unpaired) electrons. The van der Waals surface area contributed by atoms with Gasteiger partial charge in [0.1, 0.15) is 0 Å². The first-order valence-corrected chi connectivity index (χ1v) is 8.32. The lowest BCUT2D eigenvalue weighted by Crippen LogP contribution is -2.37. The number of benzene rings is 2. The van der Waals surface area contributed by atoms with Gasteiger partial charge in [0.15, 0.2) is 0 Å². The Morgan fingerprint density at radius 3 is 2.50 bits per heavy atom. The summed E-state index contributed by atoms with van der Waals surface area (Å²) in [6.07, 6.45) is 11.3. The molecule has 0 aromatic heterocycles. The van der Waals surface area contributed by atoms with Gasteiger partial charge in [0.25, 0.3) is 0 Å². The van der Waals surface area contributed by atoms with Crippen LogP contribution in [0.3, 0.4) is 0 Å². The normalized spacial score (nSPS) is 21.7. The maximum Gasteiger partial charge on any atom is 0.0363 e. The van der Waals surface area contributed by atoms with E-state index in [4.69, 9.17) is 11.5 Å². The van der Waals surface area contributed by atoms with Crippen LogP contribution in [0, 0.1) is 5.41 Å². The van der Waals surface area contributed by atoms with E-state index in [2.05, 4.69) is 55.5 Å². The Kier molecular flexibility index (Phi) is 4.68. The van der Waals surface area contributed by atoms with Gasteiger partial charge in [0.05, 0.1) is 0 Å². The van der Waals surface area contributed by atoms with Crippen molar-refractivity contribution in [2.45, 2.75) is 19.4 Å². The second kappa shape index (κ2) is 6.90. The molecule has 0 aliphatic heterocycles. The van der Waals surface area contributed by atoms with Crippen molar-refractivity contribution in [2.24, 2.45) is 16.9 Å². The third-order valence-corrected chi connectivity index (χ3v) is 4.71. The molecule has 2 aromatic rings. The van der Waals surface area contributed by atoms with Gasteiger partial charge in [-0.25, -0.2) is 0 Å². The Bertz CT molecular complexity index is 787. The molecule has 3 rings (SSSR count). The van der Waals surface area contributed by atoms with Crippen molar-refractivity contribution in [3.63, 3.8) is 0 Å². The molecule has 1 aliphatic rings. The van der Waals surface area contributed by atoms with Crippen LogP contribution in [-0.4, -0.2) is 6.04 Å². The summed E-state index contributed by atoms with van der Waals surface area (Å²) in [6.45, 7) is 2.17. The van der Waals surface area contributed by atoms with Gasteiger partial charge in [0.2, 0.25) is 0 Å². The molecule has 0 saturated heterocycles. The highest BCUT2D eigenvalue weighted by atomic mass is 14.7. The van der Waals surface area contributed by atoms with Crippen molar-refractivity contribution < 1.29 is 0 Å². The van der Waals surface area contributed by atoms with E-state index < -0.39 is 0 Å². The first-order chi connectivity index (χ1) is 11.6. The van der Waals surface area contributed by atoms with Crippen LogP contribution >= 0.6 is 0 Å². The van der Waals surface area contributed by atoms with E-state index in [9.17, 15) is 0 Å². The van der Waals surface area contributed by atoms with E-state index in [1.807, 2.05) is 36.4 Å². The minimum atomic E-state index is -0.126. The Balaban J connectivity index is 1.86. The Labute approximate surface area is 144 Å². The van der Waals surface area contributed by atoms with Gasteiger partial charge in [-0.3, -0.25) is 0 Å². The fourth-order valence-corrected chi connectivity index (χ4v) is 2.98. The van der Waals surface area contributed by atoms with Gasteiger partial charge in [-0.1, -0.05) is 79.8 Å². The summed E-state index contributed by atoms with van der Waals surface area (Å²) in [7, 11) is 0. The van der Waals surface area contributed by atoms with Crippen LogP contribution in [0.5, 0.6) is 0 Å². The van der Waals surface area contributed by atoms with Crippen molar-refractivity contribution in [1.82, 2.24) is 0 Å². The number of nitrogens with two attached hydrogens (primary N) is 2. The van der Waals surface area contributed by atoms with Crippen LogP contribution < -0.4 is 11.5 Å². The van der Waals surface area contributed by atoms with Crippen LogP contribution in [-0.2, 0) is 0 Å². The summed E-state index contributed by atoms with van der Waals surface area (Å²) in [5.41, 5.74) is 16.8. The van der Waals surface area contributed by atoms with Gasteiger partial charge < -0.3 is 11.5 Å². The largest absolute Gasteiger partial charge is 0.398 e. The summed E-state index contributed by atoms with van der Waals surface area (Å²) in [5, 5.41) is 0. The monoisotopic (exact) mass is 316 g/mol. The Morgan fingerprint density at radius 2 is 1.79 bits per heavy atom. The van der Waals surface area contributed by atoms with Crippen molar-refractivity contribution in [2.75, 3.05) is 0 Å². The van der Waals surface area contributed by atoms with Crippen LogP contribution in [0.25, 0.3) is 16.8 Å². The van der Waals surface area contributed by atoms with E-state index >= 15 is 0 Å². The summed E-state index contributed by atoms with van der Waals surface area (Å²) in [5.74, 6) is 0. The molecule has 1 aliphatic carbocycles. The molecule has 0 fully saturated rings. The maximum atomic E-state index is 6.43. The Morgan fingerprint density at radius 1 is 1.04 bits per heavy atom. The third-order valence-electron chi connectivity index (χ3n) is 4.71. The number of allylic oxidation sites excluding steroid dienone is 3. The second-order valence-electron chi connectivity index (χ2n) is 6.59. The van der Waals surface area contributed by atoms with Gasteiger partial charge in [-0.15, -0.1) is 0 Å². The number of hydrogen-bond donors (Lipinski definition) is 2. The van der Waals surface area contributed by atoms with E-state index in [-0.39, 0.29) is 11.5 Å². The lowest BCUT2D eigenvalue weighted by atomic mass is 9.77. The van der Waals surface area contributed by atoms with E-state index in [0.717, 1.165) is 23.2 Å². The maximum absolute atomic E-state index is 6.43. The molecule has 24 heavy (non-hydrogen) atoms. The highest BCUT2D eigenvalue weighted by Gasteiger charge is 2.27. The molecular weight excluding hydrogens is 292 g/mol. The lowest BCUT2D eigenvalue weighted by Gasteiger charge is -2.31. The van der Waals surface area contributed by atoms with Gasteiger partial charge in [-0.05, 0) is 35.3 Å². The minimum Gasteiger partial charge on any atom is -0.398 e. The fourth-order valence-electron chi connectivity index (χ4n) is 2.98. The molecule has 2 atom stereocenters. The first-order valence-electron chi connectivity index (χ1n) is 8.32. The van der Waals surface area contributed by atoms with Crippen molar-refractivity contribution in [3.05, 3.63) is 90.5 Å². The molecular formula is C22H24N2. The van der Waals surface area contributed by atoms with Crippen LogP contribution in [0.4, 0.5) is 0 Å². The average molecular weight is 316 g/mol. The van der Waals surface area contributed by atoms with Crippen molar-refractivity contribution in [3.8, 4) is 11.1 Å². The van der Waals surface area contributed by atoms with E-state index in [1.165, 1.54) is 5.56 Å². The van der Waals surface area contributed by atoms with E-state index in [0.29, 0.717) is 0 Å². The highest BCUT2D eigenvalue weighted by molar-refractivity contribution is 5.71. The summed E-state index contributed by atoms with van der Waals surface area (Å²) in [4.78, 5) is 0. The van der Waals surface area contributed by atoms with Gasteiger partial charge in [0, 0.05) is 17.2 Å². The first kappa shape index (κ1) is 16.3. The molecule has 2 aromatic carbocycles. The fraction of sp³-hybridized carbons (Fsp3) is 0.182. The molecule has 0 spiro atoms. The topological polar surface area (TPSA) is 52.0 Å². The molecule has 2 nitrogen and oxygen atoms in total.